The first-order chi connectivity index (χ1) is 5.88. The van der Waals surface area contributed by atoms with Crippen LogP contribution >= 0.6 is 22.6 Å². The number of rotatable bonds is 5. The Morgan fingerprint density at radius 3 is 2.46 bits per heavy atom. The lowest BCUT2D eigenvalue weighted by molar-refractivity contribution is -0.168. The van der Waals surface area contributed by atoms with E-state index in [0.717, 1.165) is 5.06 Å². The van der Waals surface area contributed by atoms with Gasteiger partial charge >= 0.3 is 5.97 Å². The summed E-state index contributed by atoms with van der Waals surface area (Å²) in [5, 5.41) is 11.6. The van der Waals surface area contributed by atoms with Gasteiger partial charge in [0.05, 0.1) is 6.54 Å². The van der Waals surface area contributed by atoms with Crippen LogP contribution in [0, 0.1) is 0 Å². The fourth-order valence-electron chi connectivity index (χ4n) is 0.570. The maximum atomic E-state index is 11.2. The number of hydrogen-bond donors (Lipinski definition) is 0. The van der Waals surface area contributed by atoms with Crippen LogP contribution in [0.5, 0.6) is 0 Å². The Morgan fingerprint density at radius 1 is 1.54 bits per heavy atom. The van der Waals surface area contributed by atoms with Gasteiger partial charge in [-0.1, -0.05) is 22.6 Å². The van der Waals surface area contributed by atoms with Gasteiger partial charge in [0.25, 0.3) is 0 Å². The Morgan fingerprint density at radius 2 is 2.08 bits per heavy atom. The molecular formula is C8H15INO3. The SMILES string of the molecule is CCN([O])CCOC(=O)C(C)(C)I. The van der Waals surface area contributed by atoms with Crippen LogP contribution in [-0.2, 0) is 14.7 Å². The lowest BCUT2D eigenvalue weighted by Crippen LogP contribution is -2.30. The van der Waals surface area contributed by atoms with Gasteiger partial charge in [0, 0.05) is 6.54 Å². The first-order valence-electron chi connectivity index (χ1n) is 4.16. The van der Waals surface area contributed by atoms with E-state index in [2.05, 4.69) is 0 Å². The van der Waals surface area contributed by atoms with Gasteiger partial charge in [-0.3, -0.25) is 4.79 Å². The van der Waals surface area contributed by atoms with Gasteiger partial charge < -0.3 is 4.74 Å². The third-order valence-corrected chi connectivity index (χ3v) is 1.85. The second-order valence-electron chi connectivity index (χ2n) is 3.13. The molecule has 0 saturated heterocycles. The Hall–Kier alpha value is 0.120. The maximum Gasteiger partial charge on any atom is 0.321 e. The number of carbonyl (C=O) groups is 1. The predicted octanol–water partition coefficient (Wildman–Crippen LogP) is 1.41. The van der Waals surface area contributed by atoms with Crippen molar-refractivity contribution in [2.24, 2.45) is 0 Å². The van der Waals surface area contributed by atoms with Crippen LogP contribution in [0.2, 0.25) is 0 Å². The molecule has 0 aromatic rings. The molecular weight excluding hydrogens is 285 g/mol. The van der Waals surface area contributed by atoms with Crippen molar-refractivity contribution in [3.63, 3.8) is 0 Å². The van der Waals surface area contributed by atoms with Gasteiger partial charge in [0.15, 0.2) is 0 Å². The van der Waals surface area contributed by atoms with Gasteiger partial charge in [0.1, 0.15) is 10.0 Å². The summed E-state index contributed by atoms with van der Waals surface area (Å²) in [7, 11) is 0. The molecule has 0 aromatic heterocycles. The monoisotopic (exact) mass is 300 g/mol. The molecule has 0 spiro atoms. The summed E-state index contributed by atoms with van der Waals surface area (Å²) >= 11 is 2.00. The van der Waals surface area contributed by atoms with Crippen LogP contribution < -0.4 is 0 Å². The minimum absolute atomic E-state index is 0.169. The van der Waals surface area contributed by atoms with Crippen LogP contribution in [0.25, 0.3) is 0 Å². The normalized spacial score (nSPS) is 11.8. The molecule has 13 heavy (non-hydrogen) atoms. The Balaban J connectivity index is 3.60. The lowest BCUT2D eigenvalue weighted by Gasteiger charge is -2.15. The minimum atomic E-state index is -0.516. The maximum absolute atomic E-state index is 11.2. The van der Waals surface area contributed by atoms with Gasteiger partial charge in [0.2, 0.25) is 0 Å². The highest BCUT2D eigenvalue weighted by molar-refractivity contribution is 14.1. The van der Waals surface area contributed by atoms with Gasteiger partial charge in [-0.25, -0.2) is 0 Å². The van der Waals surface area contributed by atoms with Crippen LogP contribution in [0.3, 0.4) is 0 Å². The summed E-state index contributed by atoms with van der Waals surface area (Å²) in [6.45, 7) is 6.13. The van der Waals surface area contributed by atoms with Crippen molar-refractivity contribution >= 4 is 28.6 Å². The van der Waals surface area contributed by atoms with Crippen molar-refractivity contribution < 1.29 is 14.7 Å². The summed E-state index contributed by atoms with van der Waals surface area (Å²) in [6.07, 6.45) is 0. The third kappa shape index (κ3) is 6.23. The van der Waals surface area contributed by atoms with Crippen molar-refractivity contribution in [2.75, 3.05) is 19.7 Å². The smallest absolute Gasteiger partial charge is 0.321 e. The van der Waals surface area contributed by atoms with E-state index < -0.39 is 3.42 Å². The number of ether oxygens (including phenoxy) is 1. The number of likely N-dealkylation sites (N-methyl/N-ethyl adjacent to an activating group) is 1. The molecule has 0 aliphatic rings. The zero-order chi connectivity index (χ0) is 10.5. The molecule has 0 aromatic carbocycles. The van der Waals surface area contributed by atoms with Crippen LogP contribution in [0.4, 0.5) is 0 Å². The Labute approximate surface area is 92.3 Å². The summed E-state index contributed by atoms with van der Waals surface area (Å²) in [5.41, 5.74) is 0. The molecule has 0 rings (SSSR count). The quantitative estimate of drug-likeness (QED) is 0.334. The van der Waals surface area contributed by atoms with E-state index in [4.69, 9.17) is 4.74 Å². The Kier molecular flexibility index (Phi) is 5.82. The number of esters is 1. The number of hydroxylamine groups is 2. The molecule has 4 nitrogen and oxygen atoms in total. The van der Waals surface area contributed by atoms with Gasteiger partial charge in [-0.2, -0.15) is 5.06 Å². The number of hydrogen-bond acceptors (Lipinski definition) is 3. The molecule has 0 atom stereocenters. The van der Waals surface area contributed by atoms with Crippen LogP contribution in [0.15, 0.2) is 0 Å². The second-order valence-corrected chi connectivity index (χ2v) is 5.83. The predicted molar refractivity (Wildman–Crippen MR) is 57.0 cm³/mol. The zero-order valence-electron chi connectivity index (χ0n) is 8.17. The highest BCUT2D eigenvalue weighted by Crippen LogP contribution is 2.17. The molecule has 0 fully saturated rings. The van der Waals surface area contributed by atoms with E-state index in [9.17, 15) is 10.0 Å². The molecule has 1 radical (unpaired) electrons. The van der Waals surface area contributed by atoms with Crippen molar-refractivity contribution in [1.82, 2.24) is 5.06 Å². The molecule has 0 bridgehead atoms. The first-order valence-corrected chi connectivity index (χ1v) is 5.24. The lowest BCUT2D eigenvalue weighted by atomic mass is 10.2. The summed E-state index contributed by atoms with van der Waals surface area (Å²) < 4.78 is 4.37. The molecule has 5 heteroatoms. The van der Waals surface area contributed by atoms with E-state index in [1.165, 1.54) is 0 Å². The fraction of sp³-hybridized carbons (Fsp3) is 0.875. The van der Waals surface area contributed by atoms with E-state index in [-0.39, 0.29) is 19.1 Å². The van der Waals surface area contributed by atoms with E-state index in [1.807, 2.05) is 22.6 Å². The van der Waals surface area contributed by atoms with Crippen molar-refractivity contribution in [2.45, 2.75) is 24.2 Å². The standard InChI is InChI=1S/C8H15INO3/c1-4-10(12)5-6-13-7(11)8(2,3)9/h4-6H2,1-3H3. The molecule has 0 amide bonds. The molecule has 0 heterocycles. The fourth-order valence-corrected chi connectivity index (χ4v) is 0.726. The molecule has 0 N–H and O–H groups in total. The molecule has 0 unspecified atom stereocenters. The van der Waals surface area contributed by atoms with Crippen molar-refractivity contribution in [3.05, 3.63) is 0 Å². The van der Waals surface area contributed by atoms with Crippen LogP contribution in [0.1, 0.15) is 20.8 Å². The topological polar surface area (TPSA) is 49.4 Å². The third-order valence-electron chi connectivity index (χ3n) is 1.41. The van der Waals surface area contributed by atoms with E-state index in [1.54, 1.807) is 20.8 Å². The van der Waals surface area contributed by atoms with Gasteiger partial charge in [-0.15, -0.1) is 5.21 Å². The highest BCUT2D eigenvalue weighted by Gasteiger charge is 2.25. The summed E-state index contributed by atoms with van der Waals surface area (Å²) in [6, 6.07) is 0. The van der Waals surface area contributed by atoms with E-state index in [0.29, 0.717) is 6.54 Å². The highest BCUT2D eigenvalue weighted by atomic mass is 127. The number of nitrogens with zero attached hydrogens (tertiary/aromatic N) is 1. The summed E-state index contributed by atoms with van der Waals surface area (Å²) in [5.74, 6) is -0.280. The molecule has 0 saturated carbocycles. The van der Waals surface area contributed by atoms with Crippen molar-refractivity contribution in [3.8, 4) is 0 Å². The number of halogens is 1. The van der Waals surface area contributed by atoms with E-state index >= 15 is 0 Å². The van der Waals surface area contributed by atoms with Crippen LogP contribution in [-0.4, -0.2) is 34.2 Å². The zero-order valence-corrected chi connectivity index (χ0v) is 10.3. The second kappa shape index (κ2) is 5.77. The number of carbonyl (C=O) groups excluding carboxylic acids is 1. The Bertz CT molecular complexity index is 167. The summed E-state index contributed by atoms with van der Waals surface area (Å²) in [4.78, 5) is 11.2. The number of alkyl halides is 1. The molecule has 0 aliphatic heterocycles. The molecule has 77 valence electrons. The largest absolute Gasteiger partial charge is 0.463 e. The average Bonchev–Trinajstić information content (AvgIpc) is 2.02. The molecule has 0 aliphatic carbocycles. The first kappa shape index (κ1) is 13.1. The van der Waals surface area contributed by atoms with Crippen molar-refractivity contribution in [1.29, 1.82) is 0 Å². The minimum Gasteiger partial charge on any atom is -0.463 e. The van der Waals surface area contributed by atoms with Gasteiger partial charge in [-0.05, 0) is 20.8 Å². The average molecular weight is 300 g/mol.